The summed E-state index contributed by atoms with van der Waals surface area (Å²) in [5.74, 6) is 1.37. The Morgan fingerprint density at radius 2 is 2.00 bits per heavy atom. The van der Waals surface area contributed by atoms with Crippen LogP contribution < -0.4 is 5.32 Å². The van der Waals surface area contributed by atoms with Gasteiger partial charge in [0.2, 0.25) is 0 Å². The van der Waals surface area contributed by atoms with E-state index in [4.69, 9.17) is 0 Å². The number of hydrogen-bond acceptors (Lipinski definition) is 3. The van der Waals surface area contributed by atoms with E-state index in [-0.39, 0.29) is 0 Å². The van der Waals surface area contributed by atoms with Gasteiger partial charge in [0.25, 0.3) is 0 Å². The second-order valence-electron chi connectivity index (χ2n) is 5.53. The lowest BCUT2D eigenvalue weighted by Crippen LogP contribution is -2.40. The minimum atomic E-state index is 0.773. The molecular formula is C14H28N2S. The molecule has 2 fully saturated rings. The molecule has 2 heterocycles. The highest BCUT2D eigenvalue weighted by Crippen LogP contribution is 2.24. The molecule has 17 heavy (non-hydrogen) atoms. The molecule has 2 aliphatic heterocycles. The third-order valence-corrected chi connectivity index (χ3v) is 5.49. The lowest BCUT2D eigenvalue weighted by atomic mass is 10.1. The minimum absolute atomic E-state index is 0.773. The maximum absolute atomic E-state index is 3.76. The van der Waals surface area contributed by atoms with Gasteiger partial charge in [-0.05, 0) is 64.0 Å². The van der Waals surface area contributed by atoms with Crippen LogP contribution in [0.5, 0.6) is 0 Å². The van der Waals surface area contributed by atoms with Crippen LogP contribution in [0.25, 0.3) is 0 Å². The van der Waals surface area contributed by atoms with Crippen LogP contribution in [0.3, 0.4) is 0 Å². The largest absolute Gasteiger partial charge is 0.313 e. The molecule has 0 spiro atoms. The second kappa shape index (κ2) is 7.65. The smallest absolute Gasteiger partial charge is 0.0184 e. The number of piperidine rings is 1. The Morgan fingerprint density at radius 1 is 1.18 bits per heavy atom. The van der Waals surface area contributed by atoms with E-state index in [1.165, 1.54) is 70.5 Å². The third-order valence-electron chi connectivity index (χ3n) is 4.11. The van der Waals surface area contributed by atoms with Crippen LogP contribution in [0.1, 0.15) is 45.4 Å². The van der Waals surface area contributed by atoms with E-state index in [1.54, 1.807) is 0 Å². The van der Waals surface area contributed by atoms with Gasteiger partial charge in [0.15, 0.2) is 0 Å². The zero-order chi connectivity index (χ0) is 11.9. The quantitative estimate of drug-likeness (QED) is 0.762. The van der Waals surface area contributed by atoms with Crippen molar-refractivity contribution in [2.24, 2.45) is 0 Å². The van der Waals surface area contributed by atoms with Gasteiger partial charge in [-0.1, -0.05) is 13.3 Å². The van der Waals surface area contributed by atoms with E-state index in [9.17, 15) is 0 Å². The highest BCUT2D eigenvalue weighted by molar-refractivity contribution is 7.99. The van der Waals surface area contributed by atoms with Crippen LogP contribution >= 0.6 is 11.8 Å². The summed E-state index contributed by atoms with van der Waals surface area (Å²) in [5, 5.41) is 4.58. The molecule has 2 saturated heterocycles. The molecule has 2 atom stereocenters. The summed E-state index contributed by atoms with van der Waals surface area (Å²) >= 11 is 2.14. The molecule has 100 valence electrons. The first-order valence-electron chi connectivity index (χ1n) is 7.43. The number of hydrogen-bond donors (Lipinski definition) is 1. The van der Waals surface area contributed by atoms with Gasteiger partial charge in [-0.15, -0.1) is 0 Å². The lowest BCUT2D eigenvalue weighted by molar-refractivity contribution is 0.224. The predicted molar refractivity (Wildman–Crippen MR) is 77.9 cm³/mol. The Labute approximate surface area is 111 Å². The first-order chi connectivity index (χ1) is 8.36. The topological polar surface area (TPSA) is 15.3 Å². The van der Waals surface area contributed by atoms with E-state index in [2.05, 4.69) is 28.9 Å². The van der Waals surface area contributed by atoms with Crippen LogP contribution in [0, 0.1) is 0 Å². The van der Waals surface area contributed by atoms with Crippen molar-refractivity contribution in [2.45, 2.75) is 56.7 Å². The van der Waals surface area contributed by atoms with Crippen molar-refractivity contribution in [1.82, 2.24) is 10.2 Å². The van der Waals surface area contributed by atoms with E-state index >= 15 is 0 Å². The minimum Gasteiger partial charge on any atom is -0.313 e. The van der Waals surface area contributed by atoms with Gasteiger partial charge in [0.05, 0.1) is 0 Å². The molecule has 2 unspecified atom stereocenters. The molecule has 1 N–H and O–H groups in total. The Balaban J connectivity index is 1.53. The Hall–Kier alpha value is 0.270. The van der Waals surface area contributed by atoms with Crippen molar-refractivity contribution in [1.29, 1.82) is 0 Å². The maximum atomic E-state index is 3.76. The lowest BCUT2D eigenvalue weighted by Gasteiger charge is -2.30. The SMILES string of the molecule is CC1SCCCC1NCCCN1CCCCC1. The number of rotatable bonds is 5. The molecule has 2 nitrogen and oxygen atoms in total. The molecule has 0 aromatic carbocycles. The fraction of sp³-hybridized carbons (Fsp3) is 1.00. The Kier molecular flexibility index (Phi) is 6.16. The van der Waals surface area contributed by atoms with Crippen molar-refractivity contribution < 1.29 is 0 Å². The Bertz CT molecular complexity index is 204. The first kappa shape index (κ1) is 13.7. The molecule has 3 heteroatoms. The van der Waals surface area contributed by atoms with Crippen LogP contribution in [0.2, 0.25) is 0 Å². The number of thioether (sulfide) groups is 1. The zero-order valence-electron chi connectivity index (χ0n) is 11.3. The van der Waals surface area contributed by atoms with E-state index in [0.717, 1.165) is 11.3 Å². The Morgan fingerprint density at radius 3 is 2.76 bits per heavy atom. The normalized spacial score (nSPS) is 31.6. The van der Waals surface area contributed by atoms with Gasteiger partial charge in [-0.3, -0.25) is 0 Å². The predicted octanol–water partition coefficient (Wildman–Crippen LogP) is 2.74. The molecule has 0 aromatic heterocycles. The van der Waals surface area contributed by atoms with Crippen molar-refractivity contribution in [3.05, 3.63) is 0 Å². The van der Waals surface area contributed by atoms with Crippen molar-refractivity contribution in [3.63, 3.8) is 0 Å². The zero-order valence-corrected chi connectivity index (χ0v) is 12.1. The maximum Gasteiger partial charge on any atom is 0.0184 e. The van der Waals surface area contributed by atoms with Gasteiger partial charge < -0.3 is 10.2 Å². The molecule has 0 saturated carbocycles. The molecule has 0 amide bonds. The molecule has 0 bridgehead atoms. The number of nitrogens with zero attached hydrogens (tertiary/aromatic N) is 1. The molecule has 0 aliphatic carbocycles. The molecule has 2 aliphatic rings. The standard InChI is InChI=1S/C14H28N2S/c1-13-14(7-5-12-17-13)15-8-6-11-16-9-3-2-4-10-16/h13-15H,2-12H2,1H3. The molecule has 0 aromatic rings. The van der Waals surface area contributed by atoms with E-state index in [0.29, 0.717) is 0 Å². The summed E-state index contributed by atoms with van der Waals surface area (Å²) in [6.45, 7) is 7.59. The fourth-order valence-corrected chi connectivity index (χ4v) is 4.13. The monoisotopic (exact) mass is 256 g/mol. The van der Waals surface area contributed by atoms with E-state index in [1.807, 2.05) is 0 Å². The third kappa shape index (κ3) is 4.80. The van der Waals surface area contributed by atoms with Crippen LogP contribution in [-0.4, -0.2) is 48.1 Å². The molecular weight excluding hydrogens is 228 g/mol. The number of nitrogens with one attached hydrogen (secondary N) is 1. The van der Waals surface area contributed by atoms with Crippen LogP contribution in [0.15, 0.2) is 0 Å². The van der Waals surface area contributed by atoms with Crippen molar-refractivity contribution in [2.75, 3.05) is 31.9 Å². The molecule has 0 radical (unpaired) electrons. The highest BCUT2D eigenvalue weighted by atomic mass is 32.2. The number of likely N-dealkylation sites (tertiary alicyclic amines) is 1. The first-order valence-corrected chi connectivity index (χ1v) is 8.48. The summed E-state index contributed by atoms with van der Waals surface area (Å²) in [6, 6.07) is 0.773. The van der Waals surface area contributed by atoms with Gasteiger partial charge in [-0.2, -0.15) is 11.8 Å². The summed E-state index contributed by atoms with van der Waals surface area (Å²) in [6.07, 6.45) is 8.41. The molecule has 2 rings (SSSR count). The van der Waals surface area contributed by atoms with Crippen LogP contribution in [0.4, 0.5) is 0 Å². The fourth-order valence-electron chi connectivity index (χ4n) is 2.96. The summed E-state index contributed by atoms with van der Waals surface area (Å²) in [4.78, 5) is 2.64. The van der Waals surface area contributed by atoms with Gasteiger partial charge in [0.1, 0.15) is 0 Å². The summed E-state index contributed by atoms with van der Waals surface area (Å²) in [5.41, 5.74) is 0. The average Bonchev–Trinajstić information content (AvgIpc) is 2.38. The second-order valence-corrected chi connectivity index (χ2v) is 7.02. The van der Waals surface area contributed by atoms with Gasteiger partial charge in [0, 0.05) is 11.3 Å². The van der Waals surface area contributed by atoms with E-state index < -0.39 is 0 Å². The average molecular weight is 256 g/mol. The highest BCUT2D eigenvalue weighted by Gasteiger charge is 2.20. The van der Waals surface area contributed by atoms with Crippen LogP contribution in [-0.2, 0) is 0 Å². The van der Waals surface area contributed by atoms with Gasteiger partial charge in [-0.25, -0.2) is 0 Å². The van der Waals surface area contributed by atoms with Gasteiger partial charge >= 0.3 is 0 Å². The van der Waals surface area contributed by atoms with Crippen molar-refractivity contribution >= 4 is 11.8 Å². The van der Waals surface area contributed by atoms with Crippen molar-refractivity contribution in [3.8, 4) is 0 Å². The summed E-state index contributed by atoms with van der Waals surface area (Å²) < 4.78 is 0. The summed E-state index contributed by atoms with van der Waals surface area (Å²) in [7, 11) is 0.